The summed E-state index contributed by atoms with van der Waals surface area (Å²) < 4.78 is 10.9. The molecule has 2 N–H and O–H groups in total. The largest absolute Gasteiger partial charge is 0.494 e. The summed E-state index contributed by atoms with van der Waals surface area (Å²) >= 11 is 0. The third-order valence-corrected chi connectivity index (χ3v) is 6.78. The first-order chi connectivity index (χ1) is 20.5. The van der Waals surface area contributed by atoms with Crippen LogP contribution < -0.4 is 15.4 Å². The van der Waals surface area contributed by atoms with Crippen LogP contribution in [-0.2, 0) is 27.2 Å². The summed E-state index contributed by atoms with van der Waals surface area (Å²) in [4.78, 5) is 37.9. The van der Waals surface area contributed by atoms with Gasteiger partial charge in [0.25, 0.3) is 0 Å². The van der Waals surface area contributed by atoms with E-state index in [1.54, 1.807) is 30.3 Å². The average molecular weight is 565 g/mol. The first kappa shape index (κ1) is 30.1. The molecule has 4 rings (SSSR count). The van der Waals surface area contributed by atoms with Crippen molar-refractivity contribution in [1.82, 2.24) is 5.32 Å². The van der Waals surface area contributed by atoms with Crippen molar-refractivity contribution in [2.75, 3.05) is 25.6 Å². The predicted octanol–water partition coefficient (Wildman–Crippen LogP) is 5.63. The molecule has 0 saturated heterocycles. The van der Waals surface area contributed by atoms with Crippen molar-refractivity contribution in [3.05, 3.63) is 131 Å². The highest BCUT2D eigenvalue weighted by molar-refractivity contribution is 6.12. The van der Waals surface area contributed by atoms with Crippen LogP contribution in [0.15, 0.2) is 109 Å². The number of para-hydroxylation sites is 1. The number of hydrogen-bond donors (Lipinski definition) is 2. The van der Waals surface area contributed by atoms with Gasteiger partial charge in [0.15, 0.2) is 5.78 Å². The molecule has 0 aliphatic heterocycles. The van der Waals surface area contributed by atoms with E-state index < -0.39 is 12.0 Å². The maximum Gasteiger partial charge on any atom is 0.328 e. The number of carbonyl (C=O) groups is 3. The summed E-state index contributed by atoms with van der Waals surface area (Å²) in [5, 5.41) is 6.16. The van der Waals surface area contributed by atoms with Crippen LogP contribution in [0, 0.1) is 0 Å². The first-order valence-electron chi connectivity index (χ1n) is 14.1. The molecule has 0 fully saturated rings. The number of methoxy groups -OCH3 is 1. The molecule has 0 radical (unpaired) electrons. The number of rotatable bonds is 15. The van der Waals surface area contributed by atoms with Crippen LogP contribution in [0.4, 0.5) is 5.69 Å². The number of ether oxygens (including phenoxy) is 2. The smallest absolute Gasteiger partial charge is 0.328 e. The number of benzene rings is 4. The number of esters is 1. The number of ketones is 1. The van der Waals surface area contributed by atoms with Crippen LogP contribution in [0.5, 0.6) is 5.75 Å². The van der Waals surface area contributed by atoms with E-state index in [0.29, 0.717) is 55.0 Å². The Morgan fingerprint density at radius 3 is 2.14 bits per heavy atom. The Balaban J connectivity index is 1.26. The van der Waals surface area contributed by atoms with Crippen LogP contribution in [-0.4, -0.2) is 44.0 Å². The van der Waals surface area contributed by atoms with Gasteiger partial charge in [0, 0.05) is 36.2 Å². The molecule has 0 saturated carbocycles. The zero-order chi connectivity index (χ0) is 29.6. The molecule has 0 spiro atoms. The van der Waals surface area contributed by atoms with E-state index in [9.17, 15) is 14.4 Å². The van der Waals surface area contributed by atoms with Gasteiger partial charge in [-0.3, -0.25) is 9.59 Å². The molecule has 7 heteroatoms. The van der Waals surface area contributed by atoms with Crippen molar-refractivity contribution in [3.8, 4) is 5.75 Å². The van der Waals surface area contributed by atoms with E-state index in [4.69, 9.17) is 9.47 Å². The Morgan fingerprint density at radius 1 is 0.762 bits per heavy atom. The van der Waals surface area contributed by atoms with Gasteiger partial charge in [-0.25, -0.2) is 4.79 Å². The molecule has 0 bridgehead atoms. The molecular weight excluding hydrogens is 528 g/mol. The fourth-order valence-electron chi connectivity index (χ4n) is 4.51. The Morgan fingerprint density at radius 2 is 1.43 bits per heavy atom. The van der Waals surface area contributed by atoms with Crippen LogP contribution in [0.25, 0.3) is 0 Å². The highest BCUT2D eigenvalue weighted by Gasteiger charge is 2.22. The second kappa shape index (κ2) is 15.8. The lowest BCUT2D eigenvalue weighted by atomic mass is 10.00. The molecule has 0 aliphatic rings. The van der Waals surface area contributed by atoms with Crippen molar-refractivity contribution in [2.24, 2.45) is 0 Å². The second-order valence-corrected chi connectivity index (χ2v) is 9.85. The minimum Gasteiger partial charge on any atom is -0.494 e. The molecule has 4 aromatic carbocycles. The van der Waals surface area contributed by atoms with Crippen molar-refractivity contribution < 1.29 is 23.9 Å². The van der Waals surface area contributed by atoms with Gasteiger partial charge in [0.1, 0.15) is 11.8 Å². The van der Waals surface area contributed by atoms with Gasteiger partial charge in [0.05, 0.1) is 13.7 Å². The number of nitrogens with one attached hydrogen (secondary N) is 2. The van der Waals surface area contributed by atoms with E-state index in [0.717, 1.165) is 17.5 Å². The van der Waals surface area contributed by atoms with E-state index in [2.05, 4.69) is 10.6 Å². The van der Waals surface area contributed by atoms with Crippen LogP contribution in [0.1, 0.15) is 39.9 Å². The minimum atomic E-state index is -0.697. The summed E-state index contributed by atoms with van der Waals surface area (Å²) in [7, 11) is 1.35. The molecule has 0 heterocycles. The number of carbonyl (C=O) groups excluding carboxylic acids is 3. The lowest BCUT2D eigenvalue weighted by molar-refractivity contribution is -0.141. The van der Waals surface area contributed by atoms with Crippen molar-refractivity contribution in [1.29, 1.82) is 0 Å². The highest BCUT2D eigenvalue weighted by atomic mass is 16.5. The zero-order valence-electron chi connectivity index (χ0n) is 23.8. The molecular formula is C35H36N2O5. The van der Waals surface area contributed by atoms with E-state index in [1.165, 1.54) is 7.11 Å². The maximum atomic E-state index is 13.1. The number of anilines is 1. The van der Waals surface area contributed by atoms with E-state index in [1.807, 2.05) is 78.9 Å². The molecule has 1 atom stereocenters. The third-order valence-electron chi connectivity index (χ3n) is 6.78. The normalized spacial score (nSPS) is 11.3. The summed E-state index contributed by atoms with van der Waals surface area (Å²) in [5.41, 5.74) is 3.67. The summed E-state index contributed by atoms with van der Waals surface area (Å²) in [6, 6.07) is 33.0. The average Bonchev–Trinajstić information content (AvgIpc) is 3.04. The lowest BCUT2D eigenvalue weighted by Gasteiger charge is -2.20. The van der Waals surface area contributed by atoms with E-state index in [-0.39, 0.29) is 11.7 Å². The fourth-order valence-corrected chi connectivity index (χ4v) is 4.51. The Labute approximate surface area is 246 Å². The van der Waals surface area contributed by atoms with Gasteiger partial charge in [-0.05, 0) is 48.2 Å². The molecule has 0 unspecified atom stereocenters. The van der Waals surface area contributed by atoms with E-state index >= 15 is 0 Å². The van der Waals surface area contributed by atoms with Gasteiger partial charge in [0.2, 0.25) is 5.91 Å². The predicted molar refractivity (Wildman–Crippen MR) is 164 cm³/mol. The molecule has 42 heavy (non-hydrogen) atoms. The fraction of sp³-hybridized carbons (Fsp3) is 0.229. The maximum absolute atomic E-state index is 13.1. The van der Waals surface area contributed by atoms with Crippen LogP contribution >= 0.6 is 0 Å². The SMILES string of the molecule is COC(=O)[C@H](Cc1ccc(OCCCNC(=O)CCc2ccccc2)cc1)Nc1ccccc1C(=O)c1ccccc1. The first-order valence-corrected chi connectivity index (χ1v) is 14.1. The van der Waals surface area contributed by atoms with Crippen molar-refractivity contribution >= 4 is 23.3 Å². The van der Waals surface area contributed by atoms with Crippen LogP contribution in [0.2, 0.25) is 0 Å². The Hall–Kier alpha value is -4.91. The molecule has 0 aromatic heterocycles. The number of amides is 1. The number of aryl methyl sites for hydroxylation is 1. The highest BCUT2D eigenvalue weighted by Crippen LogP contribution is 2.22. The van der Waals surface area contributed by atoms with Crippen molar-refractivity contribution in [3.63, 3.8) is 0 Å². The van der Waals surface area contributed by atoms with Gasteiger partial charge in [-0.15, -0.1) is 0 Å². The van der Waals surface area contributed by atoms with Gasteiger partial charge < -0.3 is 20.1 Å². The van der Waals surface area contributed by atoms with Crippen LogP contribution in [0.3, 0.4) is 0 Å². The van der Waals surface area contributed by atoms with Crippen molar-refractivity contribution in [2.45, 2.75) is 31.7 Å². The molecule has 1 amide bonds. The van der Waals surface area contributed by atoms with Gasteiger partial charge in [-0.2, -0.15) is 0 Å². The monoisotopic (exact) mass is 564 g/mol. The topological polar surface area (TPSA) is 93.7 Å². The third kappa shape index (κ3) is 9.06. The molecule has 7 nitrogen and oxygen atoms in total. The molecule has 4 aromatic rings. The quantitative estimate of drug-likeness (QED) is 0.110. The Kier molecular flexibility index (Phi) is 11.3. The zero-order valence-corrected chi connectivity index (χ0v) is 23.8. The standard InChI is InChI=1S/C35H36N2O5/c1-41-35(40)32(37-31-16-9-8-15-30(31)34(39)28-13-6-3-7-14-28)25-27-17-20-29(21-18-27)42-24-10-23-36-33(38)22-19-26-11-4-2-5-12-26/h2-9,11-18,20-21,32,37H,10,19,22-25H2,1H3,(H,36,38)/t32-/m0/s1. The summed E-state index contributed by atoms with van der Waals surface area (Å²) in [5.74, 6) is 0.179. The Bertz CT molecular complexity index is 1440. The molecule has 0 aliphatic carbocycles. The summed E-state index contributed by atoms with van der Waals surface area (Å²) in [6.07, 6.45) is 2.23. The lowest BCUT2D eigenvalue weighted by Crippen LogP contribution is -2.33. The van der Waals surface area contributed by atoms with Gasteiger partial charge >= 0.3 is 5.97 Å². The number of hydrogen-bond acceptors (Lipinski definition) is 6. The minimum absolute atomic E-state index is 0.0315. The second-order valence-electron chi connectivity index (χ2n) is 9.85. The van der Waals surface area contributed by atoms with Gasteiger partial charge in [-0.1, -0.05) is 84.9 Å². The summed E-state index contributed by atoms with van der Waals surface area (Å²) in [6.45, 7) is 1.02. The molecule has 216 valence electrons.